The molecular formula is C33H40N6O4. The lowest BCUT2D eigenvalue weighted by Gasteiger charge is -2.41. The van der Waals surface area contributed by atoms with Gasteiger partial charge in [-0.05, 0) is 37.1 Å². The molecule has 1 saturated heterocycles. The van der Waals surface area contributed by atoms with Gasteiger partial charge in [-0.2, -0.15) is 0 Å². The molecule has 1 saturated carbocycles. The van der Waals surface area contributed by atoms with Crippen LogP contribution in [0.3, 0.4) is 0 Å². The average Bonchev–Trinajstić information content (AvgIpc) is 3.73. The van der Waals surface area contributed by atoms with Crippen molar-refractivity contribution in [2.45, 2.75) is 49.8 Å². The Labute approximate surface area is 252 Å². The van der Waals surface area contributed by atoms with Crippen LogP contribution in [0.15, 0.2) is 79.6 Å². The summed E-state index contributed by atoms with van der Waals surface area (Å²) in [5.74, 6) is 0.687. The lowest BCUT2D eigenvalue weighted by molar-refractivity contribution is -0.0893. The van der Waals surface area contributed by atoms with Gasteiger partial charge in [-0.25, -0.2) is 9.97 Å². The van der Waals surface area contributed by atoms with Crippen LogP contribution >= 0.6 is 0 Å². The fourth-order valence-corrected chi connectivity index (χ4v) is 6.52. The number of piperazine rings is 1. The van der Waals surface area contributed by atoms with Crippen molar-refractivity contribution in [3.63, 3.8) is 0 Å². The lowest BCUT2D eigenvalue weighted by atomic mass is 9.80. The van der Waals surface area contributed by atoms with Crippen LogP contribution in [0, 0.1) is 0 Å². The first-order valence-electron chi connectivity index (χ1n) is 15.1. The molecule has 2 N–H and O–H groups in total. The van der Waals surface area contributed by atoms with E-state index in [1.54, 1.807) is 26.0 Å². The molecule has 6 rings (SSSR count). The van der Waals surface area contributed by atoms with Gasteiger partial charge in [-0.1, -0.05) is 43.2 Å². The second kappa shape index (κ2) is 13.1. The van der Waals surface area contributed by atoms with Crippen molar-refractivity contribution in [1.82, 2.24) is 29.3 Å². The van der Waals surface area contributed by atoms with Crippen molar-refractivity contribution < 1.29 is 19.4 Å². The first-order chi connectivity index (χ1) is 21.1. The van der Waals surface area contributed by atoms with Crippen LogP contribution < -0.4 is 10.1 Å². The molecule has 0 spiro atoms. The Kier molecular flexibility index (Phi) is 8.87. The maximum Gasteiger partial charge on any atom is 0.275 e. The minimum atomic E-state index is -1.02. The Morgan fingerprint density at radius 2 is 1.95 bits per heavy atom. The molecular weight excluding hydrogens is 544 g/mol. The minimum absolute atomic E-state index is 0.0413. The number of hydrogen-bond donors (Lipinski definition) is 2. The van der Waals surface area contributed by atoms with E-state index in [0.29, 0.717) is 38.2 Å². The number of imidazole rings is 2. The summed E-state index contributed by atoms with van der Waals surface area (Å²) >= 11 is 0. The molecule has 226 valence electrons. The molecule has 3 heterocycles. The summed E-state index contributed by atoms with van der Waals surface area (Å²) in [6, 6.07) is 17.5. The van der Waals surface area contributed by atoms with E-state index in [9.17, 15) is 9.90 Å². The van der Waals surface area contributed by atoms with E-state index >= 15 is 0 Å². The van der Waals surface area contributed by atoms with E-state index in [2.05, 4.69) is 10.3 Å². The van der Waals surface area contributed by atoms with Gasteiger partial charge in [-0.15, -0.1) is 0 Å². The van der Waals surface area contributed by atoms with Crippen molar-refractivity contribution in [1.29, 1.82) is 0 Å². The number of aromatic nitrogens is 4. The molecule has 4 aromatic rings. The fraction of sp³-hybridized carbons (Fsp3) is 0.424. The van der Waals surface area contributed by atoms with Gasteiger partial charge in [0, 0.05) is 62.9 Å². The number of aliphatic hydroxyl groups is 1. The van der Waals surface area contributed by atoms with Crippen molar-refractivity contribution in [2.75, 3.05) is 40.0 Å². The molecule has 10 nitrogen and oxygen atoms in total. The zero-order valence-electron chi connectivity index (χ0n) is 24.6. The van der Waals surface area contributed by atoms with Gasteiger partial charge < -0.3 is 33.9 Å². The minimum Gasteiger partial charge on any atom is -0.494 e. The Balaban J connectivity index is 1.21. The summed E-state index contributed by atoms with van der Waals surface area (Å²) in [5.41, 5.74) is 2.06. The highest BCUT2D eigenvalue weighted by molar-refractivity contribution is 5.98. The van der Waals surface area contributed by atoms with Crippen LogP contribution in [0.2, 0.25) is 0 Å². The van der Waals surface area contributed by atoms with E-state index in [-0.39, 0.29) is 24.6 Å². The second-order valence-electron chi connectivity index (χ2n) is 11.5. The molecule has 2 aromatic carbocycles. The van der Waals surface area contributed by atoms with Crippen LogP contribution in [0.4, 0.5) is 0 Å². The standard InChI is InChI=1S/C33H40N6O4/c1-42-22-33(41)15-6-5-9-29(33)39-24-36-30(31(39)25-7-3-2-4-8-25)32(40)38-19-17-34-21-27(38)14-20-43-28-12-10-26(11-13-28)37-18-16-35-23-37/h2-4,7-8,10-13,16,18,23-24,27,29,34,41H,5-6,9,14-15,17,19-22H2,1H3/t27-,29-,33-/m1/s1. The lowest BCUT2D eigenvalue weighted by Crippen LogP contribution is -2.54. The Morgan fingerprint density at radius 1 is 1.12 bits per heavy atom. The second-order valence-corrected chi connectivity index (χ2v) is 11.5. The number of amides is 1. The third-order valence-corrected chi connectivity index (χ3v) is 8.70. The van der Waals surface area contributed by atoms with E-state index in [0.717, 1.165) is 48.5 Å². The van der Waals surface area contributed by atoms with Gasteiger partial charge in [0.25, 0.3) is 5.91 Å². The molecule has 1 aliphatic heterocycles. The number of ether oxygens (including phenoxy) is 2. The highest BCUT2D eigenvalue weighted by atomic mass is 16.5. The summed E-state index contributed by atoms with van der Waals surface area (Å²) in [5, 5.41) is 15.1. The topological polar surface area (TPSA) is 107 Å². The normalized spacial score (nSPS) is 22.4. The van der Waals surface area contributed by atoms with E-state index < -0.39 is 5.60 Å². The predicted octanol–water partition coefficient (Wildman–Crippen LogP) is 4.11. The van der Waals surface area contributed by atoms with Crippen LogP contribution in [0.25, 0.3) is 16.9 Å². The molecule has 2 aromatic heterocycles. The molecule has 2 aliphatic rings. The van der Waals surface area contributed by atoms with Crippen LogP contribution in [-0.2, 0) is 4.74 Å². The zero-order chi connectivity index (χ0) is 29.6. The summed E-state index contributed by atoms with van der Waals surface area (Å²) < 4.78 is 15.5. The van der Waals surface area contributed by atoms with Crippen molar-refractivity contribution in [3.05, 3.63) is 85.3 Å². The van der Waals surface area contributed by atoms with Crippen molar-refractivity contribution >= 4 is 5.91 Å². The number of benzene rings is 2. The van der Waals surface area contributed by atoms with Gasteiger partial charge >= 0.3 is 0 Å². The maximum absolute atomic E-state index is 14.3. The summed E-state index contributed by atoms with van der Waals surface area (Å²) in [6.45, 7) is 2.70. The highest BCUT2D eigenvalue weighted by Gasteiger charge is 2.42. The predicted molar refractivity (Wildman–Crippen MR) is 163 cm³/mol. The molecule has 10 heteroatoms. The van der Waals surface area contributed by atoms with Crippen LogP contribution in [-0.4, -0.2) is 86.6 Å². The van der Waals surface area contributed by atoms with Crippen LogP contribution in [0.1, 0.15) is 48.6 Å². The number of rotatable bonds is 10. The quantitative estimate of drug-likeness (QED) is 0.289. The summed E-state index contributed by atoms with van der Waals surface area (Å²) in [7, 11) is 1.62. The number of methoxy groups -OCH3 is 1. The van der Waals surface area contributed by atoms with Gasteiger partial charge in [0.05, 0.1) is 37.6 Å². The summed E-state index contributed by atoms with van der Waals surface area (Å²) in [6.07, 6.45) is 11.2. The first-order valence-corrected chi connectivity index (χ1v) is 15.1. The molecule has 0 unspecified atom stereocenters. The highest BCUT2D eigenvalue weighted by Crippen LogP contribution is 2.41. The van der Waals surface area contributed by atoms with E-state index in [1.807, 2.05) is 74.8 Å². The van der Waals surface area contributed by atoms with Crippen molar-refractivity contribution in [2.24, 2.45) is 0 Å². The van der Waals surface area contributed by atoms with Gasteiger partial charge in [0.1, 0.15) is 11.4 Å². The fourth-order valence-electron chi connectivity index (χ4n) is 6.52. The number of carbonyl (C=O) groups excluding carboxylic acids is 1. The molecule has 0 radical (unpaired) electrons. The number of nitrogens with one attached hydrogen (secondary N) is 1. The van der Waals surface area contributed by atoms with Gasteiger partial charge in [0.15, 0.2) is 5.69 Å². The van der Waals surface area contributed by atoms with E-state index in [4.69, 9.17) is 14.5 Å². The van der Waals surface area contributed by atoms with Crippen LogP contribution in [0.5, 0.6) is 5.75 Å². The maximum atomic E-state index is 14.3. The number of nitrogens with zero attached hydrogens (tertiary/aromatic N) is 5. The average molecular weight is 585 g/mol. The zero-order valence-corrected chi connectivity index (χ0v) is 24.6. The largest absolute Gasteiger partial charge is 0.494 e. The van der Waals surface area contributed by atoms with Gasteiger partial charge in [0.2, 0.25) is 0 Å². The number of carbonyl (C=O) groups is 1. The molecule has 1 aliphatic carbocycles. The number of hydrogen-bond acceptors (Lipinski definition) is 7. The monoisotopic (exact) mass is 584 g/mol. The molecule has 3 atom stereocenters. The third kappa shape index (κ3) is 6.22. The smallest absolute Gasteiger partial charge is 0.275 e. The van der Waals surface area contributed by atoms with Gasteiger partial charge in [-0.3, -0.25) is 4.79 Å². The molecule has 1 amide bonds. The Bertz CT molecular complexity index is 1470. The van der Waals surface area contributed by atoms with Crippen molar-refractivity contribution in [3.8, 4) is 22.7 Å². The Hall–Kier alpha value is -3.99. The van der Waals surface area contributed by atoms with E-state index in [1.165, 1.54) is 0 Å². The first kappa shape index (κ1) is 29.1. The molecule has 0 bridgehead atoms. The third-order valence-electron chi connectivity index (χ3n) is 8.70. The molecule has 2 fully saturated rings. The SMILES string of the molecule is COC[C@]1(O)CCCC[C@H]1n1cnc(C(=O)N2CCNC[C@H]2CCOc2ccc(-n3ccnc3)cc2)c1-c1ccccc1. The molecule has 43 heavy (non-hydrogen) atoms. The Morgan fingerprint density at radius 3 is 2.72 bits per heavy atom. The summed E-state index contributed by atoms with van der Waals surface area (Å²) in [4.78, 5) is 25.0.